The molecule has 0 aliphatic rings. The Morgan fingerprint density at radius 1 is 1.18 bits per heavy atom. The summed E-state index contributed by atoms with van der Waals surface area (Å²) >= 11 is 0. The van der Waals surface area contributed by atoms with E-state index in [-0.39, 0.29) is 0 Å². The maximum absolute atomic E-state index is 5.56. The van der Waals surface area contributed by atoms with Gasteiger partial charge in [0.25, 0.3) is 0 Å². The molecule has 0 radical (unpaired) electrons. The zero-order valence-corrected chi connectivity index (χ0v) is 15.6. The van der Waals surface area contributed by atoms with Crippen molar-refractivity contribution in [3.8, 4) is 0 Å². The van der Waals surface area contributed by atoms with Crippen molar-refractivity contribution >= 4 is 5.96 Å². The van der Waals surface area contributed by atoms with E-state index in [0.29, 0.717) is 12.0 Å². The third-order valence-electron chi connectivity index (χ3n) is 3.60. The summed E-state index contributed by atoms with van der Waals surface area (Å²) in [6, 6.07) is 0.429. The molecule has 0 aromatic heterocycles. The molecule has 0 spiro atoms. The predicted octanol–water partition coefficient (Wildman–Crippen LogP) is 2.33. The van der Waals surface area contributed by atoms with Crippen LogP contribution in [0.3, 0.4) is 0 Å². The molecule has 0 heterocycles. The SMILES string of the molecule is CCN(CC)CCCC(C)NC(=NC)NCCOCC(C)C. The number of hydrogen-bond acceptors (Lipinski definition) is 3. The second kappa shape index (κ2) is 13.8. The van der Waals surface area contributed by atoms with Crippen LogP contribution in [-0.2, 0) is 4.74 Å². The molecule has 5 nitrogen and oxygen atoms in total. The number of rotatable bonds is 12. The van der Waals surface area contributed by atoms with Crippen molar-refractivity contribution in [2.75, 3.05) is 46.4 Å². The molecule has 0 saturated carbocycles. The summed E-state index contributed by atoms with van der Waals surface area (Å²) in [7, 11) is 1.81. The first kappa shape index (κ1) is 21.2. The molecule has 0 saturated heterocycles. The summed E-state index contributed by atoms with van der Waals surface area (Å²) in [6.45, 7) is 16.7. The Morgan fingerprint density at radius 3 is 2.41 bits per heavy atom. The van der Waals surface area contributed by atoms with Crippen LogP contribution in [0.15, 0.2) is 4.99 Å². The maximum Gasteiger partial charge on any atom is 0.191 e. The Bertz CT molecular complexity index is 278. The number of nitrogens with zero attached hydrogens (tertiary/aromatic N) is 2. The Hall–Kier alpha value is -0.810. The molecule has 0 fully saturated rings. The molecule has 0 bridgehead atoms. The molecule has 0 aromatic rings. The fourth-order valence-corrected chi connectivity index (χ4v) is 2.22. The normalized spacial score (nSPS) is 13.7. The fraction of sp³-hybridized carbons (Fsp3) is 0.941. The summed E-state index contributed by atoms with van der Waals surface area (Å²) in [5, 5.41) is 6.74. The average Bonchev–Trinajstić information content (AvgIpc) is 2.49. The minimum atomic E-state index is 0.429. The predicted molar refractivity (Wildman–Crippen MR) is 96.6 cm³/mol. The zero-order chi connectivity index (χ0) is 16.8. The number of guanidine groups is 1. The molecule has 1 atom stereocenters. The molecule has 1 unspecified atom stereocenters. The molecular weight excluding hydrogens is 276 g/mol. The lowest BCUT2D eigenvalue weighted by atomic mass is 10.2. The van der Waals surface area contributed by atoms with Gasteiger partial charge in [-0.05, 0) is 45.3 Å². The summed E-state index contributed by atoms with van der Waals surface area (Å²) in [6.07, 6.45) is 2.37. The molecular formula is C17H38N4O. The third kappa shape index (κ3) is 11.8. The Labute approximate surface area is 137 Å². The average molecular weight is 315 g/mol. The molecule has 0 aliphatic heterocycles. The van der Waals surface area contributed by atoms with E-state index in [4.69, 9.17) is 4.74 Å². The largest absolute Gasteiger partial charge is 0.379 e. The molecule has 0 rings (SSSR count). The Morgan fingerprint density at radius 2 is 1.86 bits per heavy atom. The lowest BCUT2D eigenvalue weighted by Crippen LogP contribution is -2.43. The van der Waals surface area contributed by atoms with E-state index in [0.717, 1.165) is 45.2 Å². The first-order valence-corrected chi connectivity index (χ1v) is 8.80. The third-order valence-corrected chi connectivity index (χ3v) is 3.60. The quantitative estimate of drug-likeness (QED) is 0.330. The Balaban J connectivity index is 3.78. The van der Waals surface area contributed by atoms with Gasteiger partial charge in [-0.3, -0.25) is 4.99 Å². The van der Waals surface area contributed by atoms with E-state index in [9.17, 15) is 0 Å². The molecule has 0 aromatic carbocycles. The van der Waals surface area contributed by atoms with Crippen molar-refractivity contribution in [2.24, 2.45) is 10.9 Å². The first-order valence-electron chi connectivity index (χ1n) is 8.80. The van der Waals surface area contributed by atoms with Crippen LogP contribution in [0.4, 0.5) is 0 Å². The minimum Gasteiger partial charge on any atom is -0.379 e. The van der Waals surface area contributed by atoms with E-state index in [1.54, 1.807) is 0 Å². The topological polar surface area (TPSA) is 48.9 Å². The zero-order valence-electron chi connectivity index (χ0n) is 15.6. The van der Waals surface area contributed by atoms with Crippen molar-refractivity contribution in [3.05, 3.63) is 0 Å². The fourth-order valence-electron chi connectivity index (χ4n) is 2.22. The molecule has 2 N–H and O–H groups in total. The van der Waals surface area contributed by atoms with Crippen LogP contribution < -0.4 is 10.6 Å². The van der Waals surface area contributed by atoms with Crippen LogP contribution in [0.5, 0.6) is 0 Å². The van der Waals surface area contributed by atoms with Crippen LogP contribution in [0.2, 0.25) is 0 Å². The second-order valence-electron chi connectivity index (χ2n) is 6.18. The number of hydrogen-bond donors (Lipinski definition) is 2. The number of nitrogens with one attached hydrogen (secondary N) is 2. The highest BCUT2D eigenvalue weighted by molar-refractivity contribution is 5.79. The molecule has 132 valence electrons. The van der Waals surface area contributed by atoms with E-state index >= 15 is 0 Å². The van der Waals surface area contributed by atoms with E-state index in [2.05, 4.69) is 55.1 Å². The van der Waals surface area contributed by atoms with Gasteiger partial charge >= 0.3 is 0 Å². The summed E-state index contributed by atoms with van der Waals surface area (Å²) in [5.41, 5.74) is 0. The van der Waals surface area contributed by atoms with Crippen LogP contribution in [0.1, 0.15) is 47.5 Å². The summed E-state index contributed by atoms with van der Waals surface area (Å²) in [4.78, 5) is 6.73. The van der Waals surface area contributed by atoms with E-state index < -0.39 is 0 Å². The van der Waals surface area contributed by atoms with E-state index in [1.807, 2.05) is 7.05 Å². The summed E-state index contributed by atoms with van der Waals surface area (Å²) < 4.78 is 5.56. The van der Waals surface area contributed by atoms with Crippen LogP contribution in [0, 0.1) is 5.92 Å². The molecule has 0 amide bonds. The van der Waals surface area contributed by atoms with Gasteiger partial charge < -0.3 is 20.3 Å². The van der Waals surface area contributed by atoms with Gasteiger partial charge in [-0.15, -0.1) is 0 Å². The minimum absolute atomic E-state index is 0.429. The lowest BCUT2D eigenvalue weighted by molar-refractivity contribution is 0.114. The van der Waals surface area contributed by atoms with Gasteiger partial charge in [-0.25, -0.2) is 0 Å². The summed E-state index contributed by atoms with van der Waals surface area (Å²) in [5.74, 6) is 1.45. The van der Waals surface area contributed by atoms with Crippen molar-refractivity contribution in [1.29, 1.82) is 0 Å². The van der Waals surface area contributed by atoms with Gasteiger partial charge in [0.1, 0.15) is 0 Å². The van der Waals surface area contributed by atoms with Crippen molar-refractivity contribution < 1.29 is 4.74 Å². The van der Waals surface area contributed by atoms with Gasteiger partial charge in [0.15, 0.2) is 5.96 Å². The smallest absolute Gasteiger partial charge is 0.191 e. The van der Waals surface area contributed by atoms with Crippen molar-refractivity contribution in [2.45, 2.75) is 53.5 Å². The van der Waals surface area contributed by atoms with Gasteiger partial charge in [0.05, 0.1) is 6.61 Å². The van der Waals surface area contributed by atoms with Crippen LogP contribution >= 0.6 is 0 Å². The van der Waals surface area contributed by atoms with Gasteiger partial charge in [-0.2, -0.15) is 0 Å². The highest BCUT2D eigenvalue weighted by atomic mass is 16.5. The maximum atomic E-state index is 5.56. The van der Waals surface area contributed by atoms with Gasteiger partial charge in [0.2, 0.25) is 0 Å². The molecule has 5 heteroatoms. The van der Waals surface area contributed by atoms with Gasteiger partial charge in [-0.1, -0.05) is 27.7 Å². The van der Waals surface area contributed by atoms with Crippen molar-refractivity contribution in [3.63, 3.8) is 0 Å². The second-order valence-corrected chi connectivity index (χ2v) is 6.18. The van der Waals surface area contributed by atoms with Crippen LogP contribution in [0.25, 0.3) is 0 Å². The highest BCUT2D eigenvalue weighted by Crippen LogP contribution is 1.99. The standard InChI is InChI=1S/C17H38N4O/c1-7-21(8-2)12-9-10-16(5)20-17(18-6)19-11-13-22-14-15(3)4/h15-16H,7-14H2,1-6H3,(H2,18,19,20). The first-order chi connectivity index (χ1) is 10.5. The molecule has 0 aliphatic carbocycles. The Kier molecular flexibility index (Phi) is 13.3. The highest BCUT2D eigenvalue weighted by Gasteiger charge is 2.06. The van der Waals surface area contributed by atoms with Crippen LogP contribution in [-0.4, -0.2) is 63.3 Å². The number of ether oxygens (including phenoxy) is 1. The van der Waals surface area contributed by atoms with E-state index in [1.165, 1.54) is 13.0 Å². The lowest BCUT2D eigenvalue weighted by Gasteiger charge is -2.21. The van der Waals surface area contributed by atoms with Crippen molar-refractivity contribution in [1.82, 2.24) is 15.5 Å². The van der Waals surface area contributed by atoms with Gasteiger partial charge in [0, 0.05) is 26.2 Å². The monoisotopic (exact) mass is 314 g/mol. The molecule has 22 heavy (non-hydrogen) atoms. The number of aliphatic imine (C=N–C) groups is 1.